The number of amides is 3. The third-order valence-electron chi connectivity index (χ3n) is 6.94. The number of fused-ring (bicyclic) bond motifs is 1. The first-order valence-electron chi connectivity index (χ1n) is 14.2. The SMILES string of the molecule is NC(N)=NCCCC(NC(=O)C(Cc1ccccc1)NC(=O)C(N)CC(=O)O)C(=O)NC(Cc1c[nH]c2ccccc12)C(=O)O. The van der Waals surface area contributed by atoms with Crippen LogP contribution in [0.3, 0.4) is 0 Å². The van der Waals surface area contributed by atoms with Crippen molar-refractivity contribution >= 4 is 46.5 Å². The average molecular weight is 623 g/mol. The molecule has 0 saturated heterocycles. The summed E-state index contributed by atoms with van der Waals surface area (Å²) in [6.07, 6.45) is 1.25. The molecule has 0 radical (unpaired) electrons. The molecule has 4 atom stereocenters. The lowest BCUT2D eigenvalue weighted by Crippen LogP contribution is -2.58. The Morgan fingerprint density at radius 1 is 0.800 bits per heavy atom. The number of aliphatic imine (C=N–C) groups is 1. The molecule has 0 bridgehead atoms. The maximum Gasteiger partial charge on any atom is 0.326 e. The van der Waals surface area contributed by atoms with E-state index in [1.165, 1.54) is 0 Å². The number of nitrogens with zero attached hydrogens (tertiary/aromatic N) is 1. The first kappa shape index (κ1) is 34.1. The Hall–Kier alpha value is -5.44. The third kappa shape index (κ3) is 10.7. The summed E-state index contributed by atoms with van der Waals surface area (Å²) in [6, 6.07) is 10.8. The van der Waals surface area contributed by atoms with Gasteiger partial charge in [-0.2, -0.15) is 0 Å². The van der Waals surface area contributed by atoms with Crippen molar-refractivity contribution in [3.8, 4) is 0 Å². The minimum atomic E-state index is -1.42. The summed E-state index contributed by atoms with van der Waals surface area (Å²) in [4.78, 5) is 69.9. The molecule has 12 N–H and O–H groups in total. The van der Waals surface area contributed by atoms with E-state index in [1.807, 2.05) is 24.3 Å². The molecule has 45 heavy (non-hydrogen) atoms. The number of nitrogens with one attached hydrogen (secondary N) is 4. The molecule has 3 amide bonds. The van der Waals surface area contributed by atoms with Gasteiger partial charge in [-0.05, 0) is 30.0 Å². The number of nitrogens with two attached hydrogens (primary N) is 3. The summed E-state index contributed by atoms with van der Waals surface area (Å²) in [5.41, 5.74) is 18.6. The van der Waals surface area contributed by atoms with E-state index in [1.54, 1.807) is 36.5 Å². The fourth-order valence-electron chi connectivity index (χ4n) is 4.66. The first-order valence-corrected chi connectivity index (χ1v) is 14.2. The van der Waals surface area contributed by atoms with Crippen molar-refractivity contribution in [1.29, 1.82) is 0 Å². The van der Waals surface area contributed by atoms with Crippen LogP contribution in [-0.4, -0.2) is 81.5 Å². The summed E-state index contributed by atoms with van der Waals surface area (Å²) in [6.45, 7) is 0.133. The number of carboxylic acids is 2. The lowest BCUT2D eigenvalue weighted by molar-refractivity contribution is -0.142. The topological polar surface area (TPSA) is 268 Å². The highest BCUT2D eigenvalue weighted by Crippen LogP contribution is 2.19. The van der Waals surface area contributed by atoms with Crippen LogP contribution in [0, 0.1) is 0 Å². The Kier molecular flexibility index (Phi) is 12.4. The Morgan fingerprint density at radius 2 is 1.42 bits per heavy atom. The van der Waals surface area contributed by atoms with Crippen molar-refractivity contribution in [2.24, 2.45) is 22.2 Å². The van der Waals surface area contributed by atoms with Gasteiger partial charge in [-0.25, -0.2) is 4.79 Å². The number of carbonyl (C=O) groups is 5. The maximum atomic E-state index is 13.6. The van der Waals surface area contributed by atoms with Gasteiger partial charge in [-0.3, -0.25) is 24.2 Å². The van der Waals surface area contributed by atoms with Gasteiger partial charge in [-0.15, -0.1) is 0 Å². The second-order valence-corrected chi connectivity index (χ2v) is 10.4. The number of aliphatic carboxylic acids is 2. The van der Waals surface area contributed by atoms with E-state index in [4.69, 9.17) is 22.3 Å². The normalized spacial score (nSPS) is 13.5. The Bertz CT molecular complexity index is 1520. The predicted molar refractivity (Wildman–Crippen MR) is 166 cm³/mol. The Balaban J connectivity index is 1.81. The summed E-state index contributed by atoms with van der Waals surface area (Å²) in [5.74, 6) is -5.13. The molecule has 2 aromatic carbocycles. The van der Waals surface area contributed by atoms with E-state index >= 15 is 0 Å². The molecule has 15 heteroatoms. The lowest BCUT2D eigenvalue weighted by Gasteiger charge is -2.25. The number of hydrogen-bond acceptors (Lipinski definition) is 7. The molecule has 0 aliphatic rings. The number of guanidine groups is 1. The number of aromatic nitrogens is 1. The van der Waals surface area contributed by atoms with Crippen LogP contribution in [0.25, 0.3) is 10.9 Å². The van der Waals surface area contributed by atoms with Crippen LogP contribution < -0.4 is 33.2 Å². The number of aromatic amines is 1. The van der Waals surface area contributed by atoms with E-state index in [0.717, 1.165) is 10.9 Å². The molecule has 0 spiro atoms. The number of benzene rings is 2. The fraction of sp³-hybridized carbons (Fsp3) is 0.333. The number of carbonyl (C=O) groups excluding carboxylic acids is 3. The van der Waals surface area contributed by atoms with Crippen molar-refractivity contribution in [2.75, 3.05) is 6.54 Å². The molecule has 0 aliphatic heterocycles. The van der Waals surface area contributed by atoms with Gasteiger partial charge in [0.05, 0.1) is 12.5 Å². The minimum Gasteiger partial charge on any atom is -0.481 e. The number of para-hydroxylation sites is 1. The number of H-pyrrole nitrogens is 1. The zero-order valence-electron chi connectivity index (χ0n) is 24.4. The largest absolute Gasteiger partial charge is 0.481 e. The molecule has 4 unspecified atom stereocenters. The molecular weight excluding hydrogens is 584 g/mol. The van der Waals surface area contributed by atoms with Crippen LogP contribution in [0.2, 0.25) is 0 Å². The van der Waals surface area contributed by atoms with E-state index in [-0.39, 0.29) is 38.2 Å². The molecule has 0 saturated carbocycles. The van der Waals surface area contributed by atoms with Crippen LogP contribution in [-0.2, 0) is 36.8 Å². The standard InChI is InChI=1S/C30H38N8O7/c31-20(15-25(39)40)26(41)37-23(13-17-7-2-1-3-8-17)28(43)36-22(11-6-12-34-30(32)33)27(42)38-24(29(44)45)14-18-16-35-21-10-5-4-9-19(18)21/h1-5,7-10,16,20,22-24,35H,6,11-15,31H2,(H,36,43)(H,37,41)(H,38,42)(H,39,40)(H,44,45)(H4,32,33,34). The van der Waals surface area contributed by atoms with Crippen LogP contribution in [0.1, 0.15) is 30.4 Å². The fourth-order valence-corrected chi connectivity index (χ4v) is 4.66. The van der Waals surface area contributed by atoms with Gasteiger partial charge in [0.15, 0.2) is 5.96 Å². The van der Waals surface area contributed by atoms with Gasteiger partial charge in [0.25, 0.3) is 0 Å². The summed E-state index contributed by atoms with van der Waals surface area (Å²) < 4.78 is 0. The van der Waals surface area contributed by atoms with Gasteiger partial charge in [0.2, 0.25) is 17.7 Å². The van der Waals surface area contributed by atoms with Crippen LogP contribution in [0.4, 0.5) is 0 Å². The van der Waals surface area contributed by atoms with E-state index in [0.29, 0.717) is 11.1 Å². The minimum absolute atomic E-state index is 0.00113. The second kappa shape index (κ2) is 16.4. The highest BCUT2D eigenvalue weighted by atomic mass is 16.4. The quantitative estimate of drug-likeness (QED) is 0.0521. The zero-order chi connectivity index (χ0) is 32.9. The molecule has 1 heterocycles. The first-order chi connectivity index (χ1) is 21.4. The molecule has 0 aliphatic carbocycles. The van der Waals surface area contributed by atoms with Gasteiger partial charge >= 0.3 is 11.9 Å². The Morgan fingerprint density at radius 3 is 2.09 bits per heavy atom. The molecule has 0 fully saturated rings. The maximum absolute atomic E-state index is 13.6. The molecular formula is C30H38N8O7. The zero-order valence-corrected chi connectivity index (χ0v) is 24.4. The van der Waals surface area contributed by atoms with E-state index in [2.05, 4.69) is 25.9 Å². The summed E-state index contributed by atoms with van der Waals surface area (Å²) in [7, 11) is 0. The number of carboxylic acid groups (broad SMARTS) is 2. The van der Waals surface area contributed by atoms with Gasteiger partial charge in [-0.1, -0.05) is 48.5 Å². The monoisotopic (exact) mass is 622 g/mol. The number of hydrogen-bond donors (Lipinski definition) is 9. The van der Waals surface area contributed by atoms with Crippen LogP contribution in [0.15, 0.2) is 65.8 Å². The van der Waals surface area contributed by atoms with E-state index in [9.17, 15) is 29.1 Å². The predicted octanol–water partition coefficient (Wildman–Crippen LogP) is -0.652. The Labute approximate surface area is 258 Å². The third-order valence-corrected chi connectivity index (χ3v) is 6.94. The lowest BCUT2D eigenvalue weighted by atomic mass is 10.0. The van der Waals surface area contributed by atoms with E-state index < -0.39 is 60.2 Å². The molecule has 3 aromatic rings. The van der Waals surface area contributed by atoms with Gasteiger partial charge < -0.3 is 48.3 Å². The van der Waals surface area contributed by atoms with Crippen molar-refractivity contribution in [2.45, 2.75) is 56.3 Å². The summed E-state index contributed by atoms with van der Waals surface area (Å²) >= 11 is 0. The van der Waals surface area contributed by atoms with Crippen molar-refractivity contribution in [3.63, 3.8) is 0 Å². The van der Waals surface area contributed by atoms with Crippen molar-refractivity contribution in [1.82, 2.24) is 20.9 Å². The molecule has 1 aromatic heterocycles. The van der Waals surface area contributed by atoms with Crippen LogP contribution >= 0.6 is 0 Å². The number of rotatable bonds is 17. The van der Waals surface area contributed by atoms with Gasteiger partial charge in [0.1, 0.15) is 18.1 Å². The van der Waals surface area contributed by atoms with Crippen LogP contribution in [0.5, 0.6) is 0 Å². The molecule has 240 valence electrons. The smallest absolute Gasteiger partial charge is 0.326 e. The molecule has 15 nitrogen and oxygen atoms in total. The average Bonchev–Trinajstić information content (AvgIpc) is 3.40. The molecule has 3 rings (SSSR count). The summed E-state index contributed by atoms with van der Waals surface area (Å²) in [5, 5.41) is 27.4. The highest BCUT2D eigenvalue weighted by Gasteiger charge is 2.31. The van der Waals surface area contributed by atoms with Crippen molar-refractivity contribution in [3.05, 3.63) is 71.9 Å². The second-order valence-electron chi connectivity index (χ2n) is 10.4. The highest BCUT2D eigenvalue weighted by molar-refractivity contribution is 5.95. The van der Waals surface area contributed by atoms with Crippen molar-refractivity contribution < 1.29 is 34.2 Å². The van der Waals surface area contributed by atoms with Gasteiger partial charge in [0, 0.05) is 36.5 Å².